The molecule has 0 saturated heterocycles. The highest BCUT2D eigenvalue weighted by Crippen LogP contribution is 2.19. The van der Waals surface area contributed by atoms with Gasteiger partial charge in [0.05, 0.1) is 6.21 Å². The first-order valence-electron chi connectivity index (χ1n) is 7.93. The molecule has 130 valence electrons. The number of ether oxygens (including phenoxy) is 1. The molecule has 3 rings (SSSR count). The molecular formula is C20H16ClN3O2. The van der Waals surface area contributed by atoms with Gasteiger partial charge in [-0.25, -0.2) is 5.43 Å². The van der Waals surface area contributed by atoms with E-state index in [4.69, 9.17) is 16.3 Å². The molecular weight excluding hydrogens is 350 g/mol. The molecule has 6 heteroatoms. The lowest BCUT2D eigenvalue weighted by molar-refractivity contribution is 0.0950. The second-order valence-electron chi connectivity index (χ2n) is 5.37. The highest BCUT2D eigenvalue weighted by molar-refractivity contribution is 6.31. The number of benzene rings is 2. The molecule has 0 aliphatic rings. The van der Waals surface area contributed by atoms with Crippen molar-refractivity contribution in [3.63, 3.8) is 0 Å². The summed E-state index contributed by atoms with van der Waals surface area (Å²) in [7, 11) is 0. The normalized spacial score (nSPS) is 10.7. The van der Waals surface area contributed by atoms with Gasteiger partial charge >= 0.3 is 0 Å². The van der Waals surface area contributed by atoms with Crippen LogP contribution in [0.2, 0.25) is 5.02 Å². The molecule has 1 heterocycles. The fourth-order valence-electron chi connectivity index (χ4n) is 2.18. The van der Waals surface area contributed by atoms with Crippen LogP contribution in [0.25, 0.3) is 0 Å². The minimum Gasteiger partial charge on any atom is -0.489 e. The Morgan fingerprint density at radius 2 is 1.96 bits per heavy atom. The number of hydrazone groups is 1. The highest BCUT2D eigenvalue weighted by Gasteiger charge is 2.04. The molecule has 0 spiro atoms. The molecule has 0 saturated carbocycles. The third-order valence-electron chi connectivity index (χ3n) is 3.49. The molecule has 1 N–H and O–H groups in total. The molecule has 3 aromatic rings. The minimum absolute atomic E-state index is 0.307. The molecule has 0 aliphatic carbocycles. The summed E-state index contributed by atoms with van der Waals surface area (Å²) in [6.07, 6.45) is 3.10. The number of rotatable bonds is 6. The Morgan fingerprint density at radius 1 is 1.12 bits per heavy atom. The quantitative estimate of drug-likeness (QED) is 0.529. The van der Waals surface area contributed by atoms with Crippen molar-refractivity contribution < 1.29 is 9.53 Å². The summed E-state index contributed by atoms with van der Waals surface area (Å²) in [5, 5.41) is 4.62. The topological polar surface area (TPSA) is 63.6 Å². The Hall–Kier alpha value is -3.18. The van der Waals surface area contributed by atoms with Gasteiger partial charge in [0.15, 0.2) is 0 Å². The zero-order valence-electron chi connectivity index (χ0n) is 13.8. The van der Waals surface area contributed by atoms with Crippen LogP contribution in [0.15, 0.2) is 78.0 Å². The standard InChI is InChI=1S/C20H16ClN3O2/c21-18-9-2-1-7-16(18)14-26-17-8-5-6-15(12-17)13-23-24-20(25)19-10-3-4-11-22-19/h1-13H,14H2,(H,24,25)/b23-13-. The lowest BCUT2D eigenvalue weighted by Crippen LogP contribution is -2.18. The smallest absolute Gasteiger partial charge is 0.289 e. The maximum atomic E-state index is 11.9. The molecule has 2 aromatic carbocycles. The van der Waals surface area contributed by atoms with E-state index in [1.54, 1.807) is 30.6 Å². The van der Waals surface area contributed by atoms with Crippen LogP contribution in [0.5, 0.6) is 5.75 Å². The largest absolute Gasteiger partial charge is 0.489 e. The highest BCUT2D eigenvalue weighted by atomic mass is 35.5. The van der Waals surface area contributed by atoms with Crippen LogP contribution in [0.4, 0.5) is 0 Å². The van der Waals surface area contributed by atoms with Crippen LogP contribution in [-0.4, -0.2) is 17.1 Å². The first-order valence-corrected chi connectivity index (χ1v) is 8.31. The van der Waals surface area contributed by atoms with Gasteiger partial charge in [-0.05, 0) is 35.9 Å². The first-order chi connectivity index (χ1) is 12.7. The summed E-state index contributed by atoms with van der Waals surface area (Å²) in [5.41, 5.74) is 4.46. The summed E-state index contributed by atoms with van der Waals surface area (Å²) in [6.45, 7) is 0.372. The van der Waals surface area contributed by atoms with Crippen molar-refractivity contribution in [2.24, 2.45) is 5.10 Å². The van der Waals surface area contributed by atoms with Crippen molar-refractivity contribution in [3.8, 4) is 5.75 Å². The molecule has 1 amide bonds. The van der Waals surface area contributed by atoms with Crippen molar-refractivity contribution in [2.75, 3.05) is 0 Å². The van der Waals surface area contributed by atoms with Gasteiger partial charge in [-0.2, -0.15) is 5.10 Å². The fourth-order valence-corrected chi connectivity index (χ4v) is 2.37. The second kappa shape index (κ2) is 8.78. The van der Waals surface area contributed by atoms with E-state index in [-0.39, 0.29) is 5.91 Å². The second-order valence-corrected chi connectivity index (χ2v) is 5.77. The minimum atomic E-state index is -0.368. The summed E-state index contributed by atoms with van der Waals surface area (Å²) >= 11 is 6.12. The van der Waals surface area contributed by atoms with Crippen LogP contribution in [0, 0.1) is 0 Å². The molecule has 0 radical (unpaired) electrons. The summed E-state index contributed by atoms with van der Waals surface area (Å²) in [6, 6.07) is 20.0. The average Bonchev–Trinajstić information content (AvgIpc) is 2.68. The van der Waals surface area contributed by atoms with Crippen molar-refractivity contribution in [3.05, 3.63) is 94.8 Å². The number of hydrogen-bond acceptors (Lipinski definition) is 4. The Morgan fingerprint density at radius 3 is 2.77 bits per heavy atom. The molecule has 26 heavy (non-hydrogen) atoms. The summed E-state index contributed by atoms with van der Waals surface area (Å²) < 4.78 is 5.77. The van der Waals surface area contributed by atoms with E-state index in [9.17, 15) is 4.79 Å². The SMILES string of the molecule is O=C(N/N=C\c1cccc(OCc2ccccc2Cl)c1)c1ccccn1. The van der Waals surface area contributed by atoms with Crippen LogP contribution in [-0.2, 0) is 6.61 Å². The zero-order chi connectivity index (χ0) is 18.2. The van der Waals surface area contributed by atoms with Crippen LogP contribution in [0.1, 0.15) is 21.6 Å². The Kier molecular flexibility index (Phi) is 5.96. The van der Waals surface area contributed by atoms with Gasteiger partial charge in [-0.1, -0.05) is 48.0 Å². The monoisotopic (exact) mass is 365 g/mol. The van der Waals surface area contributed by atoms with Gasteiger partial charge in [0, 0.05) is 16.8 Å². The number of carbonyl (C=O) groups excluding carboxylic acids is 1. The lowest BCUT2D eigenvalue weighted by Gasteiger charge is -2.08. The molecule has 0 fully saturated rings. The maximum absolute atomic E-state index is 11.9. The van der Waals surface area contributed by atoms with Crippen molar-refractivity contribution >= 4 is 23.7 Å². The van der Waals surface area contributed by atoms with Crippen molar-refractivity contribution in [1.82, 2.24) is 10.4 Å². The number of hydrogen-bond donors (Lipinski definition) is 1. The predicted octanol–water partition coefficient (Wildman–Crippen LogP) is 4.08. The van der Waals surface area contributed by atoms with Crippen LogP contribution >= 0.6 is 11.6 Å². The molecule has 1 aromatic heterocycles. The number of carbonyl (C=O) groups is 1. The van der Waals surface area contributed by atoms with E-state index in [0.29, 0.717) is 23.1 Å². The number of pyridine rings is 1. The number of aromatic nitrogens is 1. The number of nitrogens with zero attached hydrogens (tertiary/aromatic N) is 2. The van der Waals surface area contributed by atoms with Gasteiger partial charge in [-0.15, -0.1) is 0 Å². The van der Waals surface area contributed by atoms with E-state index in [1.807, 2.05) is 48.5 Å². The molecule has 0 atom stereocenters. The van der Waals surface area contributed by atoms with Crippen LogP contribution < -0.4 is 10.2 Å². The zero-order valence-corrected chi connectivity index (χ0v) is 14.6. The van der Waals surface area contributed by atoms with Gasteiger partial charge < -0.3 is 4.74 Å². The Labute approximate surface area is 156 Å². The Balaban J connectivity index is 1.58. The van der Waals surface area contributed by atoms with E-state index < -0.39 is 0 Å². The van der Waals surface area contributed by atoms with Gasteiger partial charge in [0.25, 0.3) is 5.91 Å². The molecule has 5 nitrogen and oxygen atoms in total. The number of amides is 1. The maximum Gasteiger partial charge on any atom is 0.289 e. The van der Waals surface area contributed by atoms with Gasteiger partial charge in [0.2, 0.25) is 0 Å². The van der Waals surface area contributed by atoms with E-state index in [1.165, 1.54) is 0 Å². The Bertz CT molecular complexity index is 914. The van der Waals surface area contributed by atoms with Gasteiger partial charge in [0.1, 0.15) is 18.1 Å². The number of nitrogens with one attached hydrogen (secondary N) is 1. The number of halogens is 1. The van der Waals surface area contributed by atoms with Crippen molar-refractivity contribution in [2.45, 2.75) is 6.61 Å². The summed E-state index contributed by atoms with van der Waals surface area (Å²) in [4.78, 5) is 15.8. The molecule has 0 aliphatic heterocycles. The van der Waals surface area contributed by atoms with Gasteiger partial charge in [-0.3, -0.25) is 9.78 Å². The molecule has 0 bridgehead atoms. The van der Waals surface area contributed by atoms with E-state index in [2.05, 4.69) is 15.5 Å². The first kappa shape index (κ1) is 17.6. The van der Waals surface area contributed by atoms with Crippen molar-refractivity contribution in [1.29, 1.82) is 0 Å². The predicted molar refractivity (Wildman–Crippen MR) is 102 cm³/mol. The summed E-state index contributed by atoms with van der Waals surface area (Å²) in [5.74, 6) is 0.317. The fraction of sp³-hybridized carbons (Fsp3) is 0.0500. The van der Waals surface area contributed by atoms with E-state index >= 15 is 0 Å². The average molecular weight is 366 g/mol. The third kappa shape index (κ3) is 4.91. The van der Waals surface area contributed by atoms with E-state index in [0.717, 1.165) is 11.1 Å². The lowest BCUT2D eigenvalue weighted by atomic mass is 10.2. The molecule has 0 unspecified atom stereocenters. The van der Waals surface area contributed by atoms with Crippen LogP contribution in [0.3, 0.4) is 0 Å². The third-order valence-corrected chi connectivity index (χ3v) is 3.86.